The van der Waals surface area contributed by atoms with Crippen LogP contribution in [-0.2, 0) is 27.9 Å². The molecule has 6 atom stereocenters. The van der Waals surface area contributed by atoms with E-state index >= 15 is 0 Å². The molecule has 1 saturated carbocycles. The number of phosphoric ester groups is 1. The van der Waals surface area contributed by atoms with E-state index < -0.39 is 63.1 Å². The van der Waals surface area contributed by atoms with Crippen molar-refractivity contribution in [1.82, 2.24) is 0 Å². The molecule has 0 spiro atoms. The molecule has 0 aromatic carbocycles. The number of ether oxygens (including phenoxy) is 2. The maximum absolute atomic E-state index is 12.9. The Hall–Kier alpha value is -1.18. The number of carbonyl (C=O) groups is 1. The molecule has 0 heterocycles. The number of esters is 1. The summed E-state index contributed by atoms with van der Waals surface area (Å²) in [6.45, 7) is 4.29. The summed E-state index contributed by atoms with van der Waals surface area (Å²) < 4.78 is 34.4. The van der Waals surface area contributed by atoms with Crippen LogP contribution in [0.25, 0.3) is 0 Å². The molecule has 0 saturated heterocycles. The van der Waals surface area contributed by atoms with Gasteiger partial charge >= 0.3 is 13.8 Å². The highest BCUT2D eigenvalue weighted by Gasteiger charge is 2.51. The summed E-state index contributed by atoms with van der Waals surface area (Å²) in [5, 5.41) is 50.4. The van der Waals surface area contributed by atoms with Gasteiger partial charge < -0.3 is 39.9 Å². The molecular formula is C57H109O12P. The molecule has 6 N–H and O–H groups in total. The van der Waals surface area contributed by atoms with E-state index in [-0.39, 0.29) is 13.0 Å². The third-order valence-electron chi connectivity index (χ3n) is 13.8. The predicted molar refractivity (Wildman–Crippen MR) is 286 cm³/mol. The molecule has 0 amide bonds. The van der Waals surface area contributed by atoms with E-state index in [9.17, 15) is 39.8 Å². The molecule has 0 radical (unpaired) electrons. The van der Waals surface area contributed by atoms with Gasteiger partial charge in [-0.25, -0.2) is 4.57 Å². The van der Waals surface area contributed by atoms with E-state index in [1.165, 1.54) is 193 Å². The van der Waals surface area contributed by atoms with Gasteiger partial charge in [-0.05, 0) is 44.9 Å². The molecule has 1 aliphatic rings. The van der Waals surface area contributed by atoms with Crippen LogP contribution in [0.5, 0.6) is 0 Å². The minimum Gasteiger partial charge on any atom is -0.457 e. The zero-order valence-electron chi connectivity index (χ0n) is 44.8. The average molecular weight is 1020 g/mol. The fraction of sp³-hybridized carbons (Fsp3) is 0.912. The van der Waals surface area contributed by atoms with Gasteiger partial charge in [-0.15, -0.1) is 0 Å². The Kier molecular flexibility index (Phi) is 45.4. The largest absolute Gasteiger partial charge is 0.472 e. The summed E-state index contributed by atoms with van der Waals surface area (Å²) in [5.74, 6) is -0.476. The van der Waals surface area contributed by atoms with Crippen molar-refractivity contribution in [1.29, 1.82) is 0 Å². The fourth-order valence-corrected chi connectivity index (χ4v) is 10.2. The van der Waals surface area contributed by atoms with Crippen molar-refractivity contribution in [3.8, 4) is 0 Å². The average Bonchev–Trinajstić information content (AvgIpc) is 3.35. The molecule has 0 aromatic heterocycles. The monoisotopic (exact) mass is 1020 g/mol. The maximum atomic E-state index is 12.9. The number of allylic oxidation sites excluding steroid dienone is 4. The Bertz CT molecular complexity index is 1250. The van der Waals surface area contributed by atoms with Crippen molar-refractivity contribution in [3.63, 3.8) is 0 Å². The van der Waals surface area contributed by atoms with E-state index in [0.717, 1.165) is 51.4 Å². The van der Waals surface area contributed by atoms with Crippen LogP contribution in [0.2, 0.25) is 0 Å². The lowest BCUT2D eigenvalue weighted by molar-refractivity contribution is -0.220. The smallest absolute Gasteiger partial charge is 0.457 e. The summed E-state index contributed by atoms with van der Waals surface area (Å²) in [6.07, 6.45) is 45.4. The number of rotatable bonds is 51. The third kappa shape index (κ3) is 38.4. The molecule has 13 heteroatoms. The number of unbranched alkanes of at least 4 members (excludes halogenated alkanes) is 35. The third-order valence-corrected chi connectivity index (χ3v) is 14.8. The molecular weight excluding hydrogens is 908 g/mol. The molecule has 12 nitrogen and oxygen atoms in total. The van der Waals surface area contributed by atoms with E-state index in [4.69, 9.17) is 18.5 Å². The lowest BCUT2D eigenvalue weighted by Crippen LogP contribution is -2.64. The molecule has 1 rings (SSSR count). The first kappa shape index (κ1) is 66.8. The summed E-state index contributed by atoms with van der Waals surface area (Å²) in [6, 6.07) is 0. The SMILES string of the molecule is CCCCC/C=C\C/C=C\CCCCCCCCCCCC(=O)OC(COCCCCCCCCCCCCCCCCCCCCCCCCCC)COP(=O)(O)OC1C(O)C(O)C(O)C(O)C1O. The van der Waals surface area contributed by atoms with Crippen LogP contribution in [0.3, 0.4) is 0 Å². The van der Waals surface area contributed by atoms with Crippen LogP contribution in [0.4, 0.5) is 0 Å². The minimum absolute atomic E-state index is 0.0732. The lowest BCUT2D eigenvalue weighted by Gasteiger charge is -2.41. The van der Waals surface area contributed by atoms with E-state index in [0.29, 0.717) is 13.0 Å². The van der Waals surface area contributed by atoms with E-state index in [2.05, 4.69) is 38.2 Å². The summed E-state index contributed by atoms with van der Waals surface area (Å²) >= 11 is 0. The predicted octanol–water partition coefficient (Wildman–Crippen LogP) is 14.0. The molecule has 414 valence electrons. The number of aliphatic hydroxyl groups excluding tert-OH is 5. The van der Waals surface area contributed by atoms with Crippen LogP contribution < -0.4 is 0 Å². The van der Waals surface area contributed by atoms with Crippen LogP contribution in [0.15, 0.2) is 24.3 Å². The van der Waals surface area contributed by atoms with Crippen LogP contribution >= 0.6 is 7.82 Å². The summed E-state index contributed by atoms with van der Waals surface area (Å²) in [5.41, 5.74) is 0. The van der Waals surface area contributed by atoms with E-state index in [1.807, 2.05) is 0 Å². The van der Waals surface area contributed by atoms with Crippen molar-refractivity contribution >= 4 is 13.8 Å². The van der Waals surface area contributed by atoms with Gasteiger partial charge in [0.05, 0.1) is 13.2 Å². The highest BCUT2D eigenvalue weighted by Crippen LogP contribution is 2.47. The Morgan fingerprint density at radius 1 is 0.457 bits per heavy atom. The lowest BCUT2D eigenvalue weighted by atomic mass is 9.85. The van der Waals surface area contributed by atoms with Gasteiger partial charge in [0.25, 0.3) is 0 Å². The molecule has 1 fully saturated rings. The Labute approximate surface area is 428 Å². The number of carbonyl (C=O) groups excluding carboxylic acids is 1. The van der Waals surface area contributed by atoms with Crippen molar-refractivity contribution in [2.45, 2.75) is 313 Å². The normalized spacial score (nSPS) is 21.0. The number of hydrogen-bond acceptors (Lipinski definition) is 11. The van der Waals surface area contributed by atoms with E-state index in [1.54, 1.807) is 0 Å². The molecule has 0 aliphatic heterocycles. The van der Waals surface area contributed by atoms with Crippen molar-refractivity contribution in [3.05, 3.63) is 24.3 Å². The zero-order chi connectivity index (χ0) is 51.2. The van der Waals surface area contributed by atoms with Crippen molar-refractivity contribution in [2.75, 3.05) is 19.8 Å². The molecule has 0 bridgehead atoms. The summed E-state index contributed by atoms with van der Waals surface area (Å²) in [4.78, 5) is 23.3. The Morgan fingerprint density at radius 2 is 0.800 bits per heavy atom. The van der Waals surface area contributed by atoms with Crippen LogP contribution in [0.1, 0.15) is 271 Å². The standard InChI is InChI=1S/C57H109O12P/c1-3-5-7-9-11-13-15-17-19-21-23-24-25-26-27-29-31-33-35-37-39-41-43-45-47-66-48-50(49-67-70(64,65)69-57-55(62)53(60)52(59)54(61)56(57)63)68-51(58)46-44-42-40-38-36-34-32-30-28-22-20-18-16-14-12-10-8-6-4-2/h12,14,18,20,50,52-57,59-63H,3-11,13,15-17,19,21-49H2,1-2H3,(H,64,65)/b14-12-,20-18-. The maximum Gasteiger partial charge on any atom is 0.472 e. The highest BCUT2D eigenvalue weighted by atomic mass is 31.2. The van der Waals surface area contributed by atoms with Crippen LogP contribution in [0, 0.1) is 0 Å². The molecule has 70 heavy (non-hydrogen) atoms. The molecule has 1 aliphatic carbocycles. The van der Waals surface area contributed by atoms with Gasteiger partial charge in [0.2, 0.25) is 0 Å². The van der Waals surface area contributed by atoms with Crippen LogP contribution in [-0.4, -0.2) is 98.9 Å². The molecule has 0 aromatic rings. The van der Waals surface area contributed by atoms with Gasteiger partial charge in [-0.2, -0.15) is 0 Å². The Balaban J connectivity index is 2.26. The first-order valence-corrected chi connectivity index (χ1v) is 30.7. The highest BCUT2D eigenvalue weighted by molar-refractivity contribution is 7.47. The van der Waals surface area contributed by atoms with Crippen molar-refractivity contribution < 1.29 is 58.3 Å². The quantitative estimate of drug-likeness (QED) is 0.0146. The second kappa shape index (κ2) is 47.5. The number of hydrogen-bond donors (Lipinski definition) is 6. The topological polar surface area (TPSA) is 192 Å². The van der Waals surface area contributed by atoms with Gasteiger partial charge in [0, 0.05) is 13.0 Å². The van der Waals surface area contributed by atoms with Gasteiger partial charge in [0.15, 0.2) is 0 Å². The number of phosphoric acid groups is 1. The number of aliphatic hydroxyl groups is 5. The first-order valence-electron chi connectivity index (χ1n) is 29.2. The second-order valence-corrected chi connectivity index (χ2v) is 21.9. The van der Waals surface area contributed by atoms with Gasteiger partial charge in [0.1, 0.15) is 42.7 Å². The summed E-state index contributed by atoms with van der Waals surface area (Å²) in [7, 11) is -5.02. The van der Waals surface area contributed by atoms with Gasteiger partial charge in [-0.1, -0.05) is 244 Å². The minimum atomic E-state index is -5.02. The Morgan fingerprint density at radius 3 is 1.23 bits per heavy atom. The second-order valence-electron chi connectivity index (χ2n) is 20.5. The van der Waals surface area contributed by atoms with Crippen molar-refractivity contribution in [2.24, 2.45) is 0 Å². The zero-order valence-corrected chi connectivity index (χ0v) is 45.7. The molecule has 6 unspecified atom stereocenters. The van der Waals surface area contributed by atoms with Gasteiger partial charge in [-0.3, -0.25) is 13.8 Å². The fourth-order valence-electron chi connectivity index (χ4n) is 9.21. The first-order chi connectivity index (χ1) is 34.0.